The summed E-state index contributed by atoms with van der Waals surface area (Å²) in [4.78, 5) is 50.7. The molecule has 0 saturated carbocycles. The van der Waals surface area contributed by atoms with Crippen molar-refractivity contribution in [3.63, 3.8) is 0 Å². The summed E-state index contributed by atoms with van der Waals surface area (Å²) in [6, 6.07) is 0. The first-order valence-electron chi connectivity index (χ1n) is 10.6. The molecule has 1 aliphatic rings. The van der Waals surface area contributed by atoms with Crippen molar-refractivity contribution in [3.8, 4) is 0 Å². The second kappa shape index (κ2) is 14.0. The van der Waals surface area contributed by atoms with Crippen LogP contribution in [0.15, 0.2) is 0 Å². The number of nitrogens with zero attached hydrogens (tertiary/aromatic N) is 1. The largest absolute Gasteiger partial charge is 0.464 e. The van der Waals surface area contributed by atoms with Crippen LogP contribution < -0.4 is 0 Å². The molecule has 178 valence electrons. The van der Waals surface area contributed by atoms with Crippen molar-refractivity contribution in [1.29, 1.82) is 0 Å². The smallest absolute Gasteiger partial charge is 0.371 e. The average molecular weight is 478 g/mol. The van der Waals surface area contributed by atoms with Crippen LogP contribution in [0.25, 0.3) is 0 Å². The number of rotatable bonds is 12. The van der Waals surface area contributed by atoms with Gasteiger partial charge in [-0.3, -0.25) is 19.3 Å². The van der Waals surface area contributed by atoms with Crippen LogP contribution in [0.1, 0.15) is 53.4 Å². The Hall–Kier alpha value is -1.26. The quantitative estimate of drug-likeness (QED) is 0.258. The molecule has 0 aromatic heterocycles. The van der Waals surface area contributed by atoms with E-state index in [-0.39, 0.29) is 30.5 Å². The monoisotopic (exact) mass is 477 g/mol. The summed E-state index contributed by atoms with van der Waals surface area (Å²) in [7, 11) is 0. The Morgan fingerprint density at radius 3 is 2.23 bits per heavy atom. The van der Waals surface area contributed by atoms with Gasteiger partial charge < -0.3 is 14.2 Å². The Bertz CT molecular complexity index is 619. The summed E-state index contributed by atoms with van der Waals surface area (Å²) < 4.78 is 13.9. The SMILES string of the molecule is CC(C)C(=O)OCOC(=O)SC(C)(C)C(=O)C[C@@H](CS)C(=O)OCCN1CCCCC1. The molecule has 0 aliphatic carbocycles. The van der Waals surface area contributed by atoms with Gasteiger partial charge in [-0.25, -0.2) is 4.79 Å². The molecule has 0 radical (unpaired) electrons. The van der Waals surface area contributed by atoms with Gasteiger partial charge in [0.15, 0.2) is 0 Å². The minimum absolute atomic E-state index is 0.0817. The number of thiol groups is 1. The van der Waals surface area contributed by atoms with Crippen molar-refractivity contribution in [2.45, 2.75) is 58.1 Å². The van der Waals surface area contributed by atoms with E-state index in [2.05, 4.69) is 17.5 Å². The van der Waals surface area contributed by atoms with Crippen LogP contribution in [-0.2, 0) is 28.6 Å². The van der Waals surface area contributed by atoms with Crippen LogP contribution >= 0.6 is 24.4 Å². The van der Waals surface area contributed by atoms with Crippen LogP contribution in [0.3, 0.4) is 0 Å². The third-order valence-electron chi connectivity index (χ3n) is 4.95. The number of likely N-dealkylation sites (tertiary alicyclic amines) is 1. The Balaban J connectivity index is 2.42. The molecule has 10 heteroatoms. The zero-order valence-electron chi connectivity index (χ0n) is 18.9. The number of ketones is 1. The number of ether oxygens (including phenoxy) is 3. The van der Waals surface area contributed by atoms with Gasteiger partial charge in [0.25, 0.3) is 0 Å². The fraction of sp³-hybridized carbons (Fsp3) is 0.810. The lowest BCUT2D eigenvalue weighted by molar-refractivity contribution is -0.155. The van der Waals surface area contributed by atoms with Gasteiger partial charge in [-0.2, -0.15) is 12.6 Å². The maximum atomic E-state index is 12.7. The number of carbonyl (C=O) groups is 4. The lowest BCUT2D eigenvalue weighted by Crippen LogP contribution is -2.36. The minimum atomic E-state index is -1.12. The molecule has 1 fully saturated rings. The molecule has 1 atom stereocenters. The molecule has 0 aromatic carbocycles. The first kappa shape index (κ1) is 27.8. The molecule has 31 heavy (non-hydrogen) atoms. The molecule has 1 heterocycles. The molecular weight excluding hydrogens is 442 g/mol. The van der Waals surface area contributed by atoms with Gasteiger partial charge in [-0.05, 0) is 51.5 Å². The van der Waals surface area contributed by atoms with Crippen molar-refractivity contribution in [1.82, 2.24) is 4.90 Å². The number of hydrogen-bond donors (Lipinski definition) is 1. The summed E-state index contributed by atoms with van der Waals surface area (Å²) in [5, 5.41) is -0.735. The first-order chi connectivity index (χ1) is 14.6. The third-order valence-corrected chi connectivity index (χ3v) is 6.41. The van der Waals surface area contributed by atoms with E-state index in [0.29, 0.717) is 18.3 Å². The maximum absolute atomic E-state index is 12.7. The molecule has 0 amide bonds. The van der Waals surface area contributed by atoms with E-state index in [1.54, 1.807) is 27.7 Å². The normalized spacial score (nSPS) is 15.9. The predicted molar refractivity (Wildman–Crippen MR) is 122 cm³/mol. The van der Waals surface area contributed by atoms with Gasteiger partial charge in [-0.15, -0.1) is 0 Å². The van der Waals surface area contributed by atoms with Gasteiger partial charge in [0.05, 0.1) is 16.6 Å². The van der Waals surface area contributed by atoms with Gasteiger partial charge in [-0.1, -0.05) is 20.3 Å². The Morgan fingerprint density at radius 1 is 1.00 bits per heavy atom. The molecular formula is C21H35NO7S2. The highest BCUT2D eigenvalue weighted by Gasteiger charge is 2.35. The molecule has 0 unspecified atom stereocenters. The van der Waals surface area contributed by atoms with Crippen molar-refractivity contribution >= 4 is 47.4 Å². The minimum Gasteiger partial charge on any atom is -0.464 e. The van der Waals surface area contributed by atoms with E-state index in [1.807, 2.05) is 0 Å². The van der Waals surface area contributed by atoms with E-state index in [1.165, 1.54) is 6.42 Å². The van der Waals surface area contributed by atoms with E-state index in [0.717, 1.165) is 25.9 Å². The van der Waals surface area contributed by atoms with Crippen LogP contribution in [0.5, 0.6) is 0 Å². The Kier molecular flexibility index (Phi) is 12.5. The summed E-state index contributed by atoms with van der Waals surface area (Å²) in [5.41, 5.74) is 0. The van der Waals surface area contributed by atoms with Gasteiger partial charge in [0, 0.05) is 18.7 Å². The number of thioether (sulfide) groups is 1. The third kappa shape index (κ3) is 10.7. The molecule has 1 rings (SSSR count). The highest BCUT2D eigenvalue weighted by Crippen LogP contribution is 2.30. The molecule has 0 N–H and O–H groups in total. The van der Waals surface area contributed by atoms with Crippen LogP contribution in [-0.4, -0.2) is 71.5 Å². The zero-order chi connectivity index (χ0) is 23.4. The fourth-order valence-electron chi connectivity index (χ4n) is 2.87. The molecule has 1 aliphatic heterocycles. The van der Waals surface area contributed by atoms with E-state index in [4.69, 9.17) is 14.2 Å². The van der Waals surface area contributed by atoms with Crippen molar-refractivity contribution in [2.24, 2.45) is 11.8 Å². The summed E-state index contributed by atoms with van der Waals surface area (Å²) in [5.74, 6) is -2.07. The van der Waals surface area contributed by atoms with Crippen LogP contribution in [0.2, 0.25) is 0 Å². The number of esters is 2. The second-order valence-corrected chi connectivity index (χ2v) is 10.2. The second-order valence-electron chi connectivity index (χ2n) is 8.32. The summed E-state index contributed by atoms with van der Waals surface area (Å²) in [6.07, 6.45) is 3.49. The lowest BCUT2D eigenvalue weighted by Gasteiger charge is -2.26. The molecule has 8 nitrogen and oxygen atoms in total. The molecule has 0 bridgehead atoms. The predicted octanol–water partition coefficient (Wildman–Crippen LogP) is 3.33. The number of carbonyl (C=O) groups excluding carboxylic acids is 4. The van der Waals surface area contributed by atoms with Crippen LogP contribution in [0.4, 0.5) is 4.79 Å². The van der Waals surface area contributed by atoms with Crippen molar-refractivity contribution < 1.29 is 33.4 Å². The number of Topliss-reactive ketones (excluding diaryl/α,β-unsaturated/α-hetero) is 1. The van der Waals surface area contributed by atoms with Gasteiger partial charge >= 0.3 is 17.2 Å². The summed E-state index contributed by atoms with van der Waals surface area (Å²) in [6.45, 7) is 9.00. The van der Waals surface area contributed by atoms with Crippen molar-refractivity contribution in [2.75, 3.05) is 38.8 Å². The number of piperidine rings is 1. The summed E-state index contributed by atoms with van der Waals surface area (Å²) >= 11 is 4.88. The maximum Gasteiger partial charge on any atom is 0.371 e. The highest BCUT2D eigenvalue weighted by molar-refractivity contribution is 8.15. The molecule has 0 aromatic rings. The van der Waals surface area contributed by atoms with Gasteiger partial charge in [0.2, 0.25) is 6.79 Å². The van der Waals surface area contributed by atoms with E-state index in [9.17, 15) is 19.2 Å². The Labute approximate surface area is 194 Å². The lowest BCUT2D eigenvalue weighted by atomic mass is 9.97. The standard InChI is InChI=1S/C21H35NO7S2/c1-15(2)18(24)28-14-29-20(26)31-21(3,4)17(23)12-16(13-30)19(25)27-11-10-22-8-6-5-7-9-22/h15-16,30H,5-14H2,1-4H3/t16-/m0/s1. The molecule has 1 saturated heterocycles. The number of hydrogen-bond acceptors (Lipinski definition) is 10. The van der Waals surface area contributed by atoms with Gasteiger partial charge in [0.1, 0.15) is 12.4 Å². The Morgan fingerprint density at radius 2 is 1.65 bits per heavy atom. The highest BCUT2D eigenvalue weighted by atomic mass is 32.2. The molecule has 0 spiro atoms. The van der Waals surface area contributed by atoms with Crippen molar-refractivity contribution in [3.05, 3.63) is 0 Å². The fourth-order valence-corrected chi connectivity index (χ4v) is 3.86. The van der Waals surface area contributed by atoms with E-state index >= 15 is 0 Å². The first-order valence-corrected chi connectivity index (χ1v) is 12.1. The average Bonchev–Trinajstić information content (AvgIpc) is 2.71. The topological polar surface area (TPSA) is 99.2 Å². The zero-order valence-corrected chi connectivity index (χ0v) is 20.6. The van der Waals surface area contributed by atoms with E-state index < -0.39 is 34.7 Å². The van der Waals surface area contributed by atoms with Crippen LogP contribution in [0, 0.1) is 11.8 Å².